The zero-order chi connectivity index (χ0) is 11.1. The lowest BCUT2D eigenvalue weighted by Crippen LogP contribution is -2.50. The third-order valence-corrected chi connectivity index (χ3v) is 3.64. The molecule has 2 rings (SSSR count). The monoisotopic (exact) mass is 214 g/mol. The van der Waals surface area contributed by atoms with Crippen LogP contribution in [0.15, 0.2) is 0 Å². The first-order valence-electron chi connectivity index (χ1n) is 5.55. The molecule has 0 spiro atoms. The Morgan fingerprint density at radius 2 is 2.40 bits per heavy atom. The summed E-state index contributed by atoms with van der Waals surface area (Å²) in [5.41, 5.74) is -0.510. The average molecular weight is 214 g/mol. The Morgan fingerprint density at radius 1 is 1.67 bits per heavy atom. The number of ether oxygens (including phenoxy) is 2. The molecular formula is C11H18O4. The summed E-state index contributed by atoms with van der Waals surface area (Å²) in [5.74, 6) is -0.0522. The first-order valence-corrected chi connectivity index (χ1v) is 5.55. The van der Waals surface area contributed by atoms with Gasteiger partial charge in [-0.25, -0.2) is 0 Å². The smallest absolute Gasteiger partial charge is 0.309 e. The largest absolute Gasteiger partial charge is 0.465 e. The van der Waals surface area contributed by atoms with Crippen molar-refractivity contribution in [3.8, 4) is 0 Å². The van der Waals surface area contributed by atoms with Crippen LogP contribution < -0.4 is 0 Å². The predicted molar refractivity (Wildman–Crippen MR) is 53.2 cm³/mol. The number of hydrogen-bond donors (Lipinski definition) is 1. The molecule has 2 aliphatic rings. The molecular weight excluding hydrogens is 196 g/mol. The summed E-state index contributed by atoms with van der Waals surface area (Å²) in [7, 11) is 0. The van der Waals surface area contributed by atoms with Crippen molar-refractivity contribution < 1.29 is 19.4 Å². The minimum Gasteiger partial charge on any atom is -0.465 e. The van der Waals surface area contributed by atoms with Crippen LogP contribution in [-0.4, -0.2) is 36.0 Å². The van der Waals surface area contributed by atoms with Crippen LogP contribution in [0.4, 0.5) is 0 Å². The lowest BCUT2D eigenvalue weighted by atomic mass is 9.72. The van der Waals surface area contributed by atoms with Gasteiger partial charge in [-0.05, 0) is 26.7 Å². The molecule has 1 saturated heterocycles. The van der Waals surface area contributed by atoms with Crippen molar-refractivity contribution in [2.75, 3.05) is 13.2 Å². The molecule has 1 heterocycles. The predicted octanol–water partition coefficient (Wildman–Crippen LogP) is 0.726. The van der Waals surface area contributed by atoms with Gasteiger partial charge in [-0.2, -0.15) is 0 Å². The van der Waals surface area contributed by atoms with Crippen molar-refractivity contribution in [1.29, 1.82) is 0 Å². The number of carbonyl (C=O) groups excluding carboxylic acids is 1. The lowest BCUT2D eigenvalue weighted by molar-refractivity contribution is -0.156. The Labute approximate surface area is 89.6 Å². The molecule has 0 bridgehead atoms. The van der Waals surface area contributed by atoms with E-state index in [1.165, 1.54) is 0 Å². The van der Waals surface area contributed by atoms with Gasteiger partial charge >= 0.3 is 5.97 Å². The maximum absolute atomic E-state index is 11.3. The van der Waals surface area contributed by atoms with E-state index in [4.69, 9.17) is 9.47 Å². The fraction of sp³-hybridized carbons (Fsp3) is 0.909. The van der Waals surface area contributed by atoms with Crippen LogP contribution in [0.25, 0.3) is 0 Å². The first kappa shape index (κ1) is 10.9. The third kappa shape index (κ3) is 1.76. The van der Waals surface area contributed by atoms with Gasteiger partial charge in [0, 0.05) is 12.5 Å². The van der Waals surface area contributed by atoms with Crippen LogP contribution in [-0.2, 0) is 14.3 Å². The maximum Gasteiger partial charge on any atom is 0.309 e. The number of rotatable bonds is 2. The lowest BCUT2D eigenvalue weighted by Gasteiger charge is -2.41. The highest BCUT2D eigenvalue weighted by atomic mass is 16.5. The summed E-state index contributed by atoms with van der Waals surface area (Å²) < 4.78 is 10.6. The van der Waals surface area contributed by atoms with Gasteiger partial charge in [0.25, 0.3) is 0 Å². The number of aliphatic hydroxyl groups is 1. The van der Waals surface area contributed by atoms with E-state index >= 15 is 0 Å². The number of carbonyl (C=O) groups is 1. The Bertz CT molecular complexity index is 265. The van der Waals surface area contributed by atoms with E-state index in [9.17, 15) is 9.90 Å². The fourth-order valence-electron chi connectivity index (χ4n) is 2.73. The fourth-order valence-corrected chi connectivity index (χ4v) is 2.73. The summed E-state index contributed by atoms with van der Waals surface area (Å²) in [5, 5.41) is 9.99. The average Bonchev–Trinajstić information content (AvgIpc) is 2.50. The van der Waals surface area contributed by atoms with Crippen LogP contribution in [0.1, 0.15) is 26.7 Å². The molecule has 0 aromatic rings. The highest BCUT2D eigenvalue weighted by molar-refractivity contribution is 5.75. The van der Waals surface area contributed by atoms with Crippen molar-refractivity contribution in [2.24, 2.45) is 11.8 Å². The minimum atomic E-state index is -0.565. The highest BCUT2D eigenvalue weighted by Gasteiger charge is 2.50. The van der Waals surface area contributed by atoms with Crippen LogP contribution in [0, 0.1) is 11.8 Å². The molecule has 4 unspecified atom stereocenters. The number of aliphatic hydroxyl groups excluding tert-OH is 1. The van der Waals surface area contributed by atoms with E-state index < -0.39 is 11.7 Å². The number of cyclic esters (lactones) is 1. The van der Waals surface area contributed by atoms with E-state index in [0.29, 0.717) is 26.1 Å². The molecule has 4 nitrogen and oxygen atoms in total. The molecule has 15 heavy (non-hydrogen) atoms. The molecule has 2 fully saturated rings. The van der Waals surface area contributed by atoms with E-state index in [2.05, 4.69) is 0 Å². The van der Waals surface area contributed by atoms with Gasteiger partial charge in [-0.3, -0.25) is 4.79 Å². The Balaban J connectivity index is 2.11. The van der Waals surface area contributed by atoms with Gasteiger partial charge < -0.3 is 14.6 Å². The molecule has 1 aliphatic heterocycles. The first-order chi connectivity index (χ1) is 7.07. The normalized spacial score (nSPS) is 45.0. The molecule has 0 aromatic heterocycles. The second-order valence-corrected chi connectivity index (χ2v) is 4.70. The van der Waals surface area contributed by atoms with Crippen molar-refractivity contribution in [3.63, 3.8) is 0 Å². The molecule has 1 saturated carbocycles. The number of esters is 1. The molecule has 4 atom stereocenters. The summed E-state index contributed by atoms with van der Waals surface area (Å²) in [6.07, 6.45) is 0.614. The topological polar surface area (TPSA) is 55.8 Å². The van der Waals surface area contributed by atoms with E-state index in [0.717, 1.165) is 0 Å². The SMILES string of the molecule is CCOC1(C)CC2COC(=O)C2CC1O. The number of hydrogen-bond acceptors (Lipinski definition) is 4. The summed E-state index contributed by atoms with van der Waals surface area (Å²) in [6.45, 7) is 4.90. The molecule has 0 amide bonds. The molecule has 4 heteroatoms. The summed E-state index contributed by atoms with van der Waals surface area (Å²) in [6, 6.07) is 0. The third-order valence-electron chi connectivity index (χ3n) is 3.64. The van der Waals surface area contributed by atoms with Crippen LogP contribution in [0.3, 0.4) is 0 Å². The van der Waals surface area contributed by atoms with E-state index in [-0.39, 0.29) is 17.8 Å². The van der Waals surface area contributed by atoms with E-state index in [1.54, 1.807) is 0 Å². The number of fused-ring (bicyclic) bond motifs is 1. The second kappa shape index (κ2) is 3.76. The van der Waals surface area contributed by atoms with Gasteiger partial charge in [0.15, 0.2) is 0 Å². The van der Waals surface area contributed by atoms with Crippen LogP contribution >= 0.6 is 0 Å². The van der Waals surface area contributed by atoms with Gasteiger partial charge in [0.2, 0.25) is 0 Å². The Morgan fingerprint density at radius 3 is 3.07 bits per heavy atom. The zero-order valence-electron chi connectivity index (χ0n) is 9.23. The Hall–Kier alpha value is -0.610. The van der Waals surface area contributed by atoms with Crippen LogP contribution in [0.2, 0.25) is 0 Å². The van der Waals surface area contributed by atoms with Crippen molar-refractivity contribution >= 4 is 5.97 Å². The standard InChI is InChI=1S/C11H18O4/c1-3-15-11(2)5-7-6-14-10(13)8(7)4-9(11)12/h7-9,12H,3-6H2,1-2H3. The molecule has 0 aromatic carbocycles. The van der Waals surface area contributed by atoms with Crippen molar-refractivity contribution in [2.45, 2.75) is 38.4 Å². The molecule has 1 aliphatic carbocycles. The molecule has 0 radical (unpaired) electrons. The highest BCUT2D eigenvalue weighted by Crippen LogP contribution is 2.42. The van der Waals surface area contributed by atoms with E-state index in [1.807, 2.05) is 13.8 Å². The van der Waals surface area contributed by atoms with Gasteiger partial charge in [-0.1, -0.05) is 0 Å². The minimum absolute atomic E-state index is 0.117. The van der Waals surface area contributed by atoms with Gasteiger partial charge in [0.05, 0.1) is 24.2 Å². The quantitative estimate of drug-likeness (QED) is 0.688. The Kier molecular flexibility index (Phi) is 2.73. The molecule has 86 valence electrons. The molecule has 1 N–H and O–H groups in total. The van der Waals surface area contributed by atoms with Crippen molar-refractivity contribution in [1.82, 2.24) is 0 Å². The van der Waals surface area contributed by atoms with Crippen LogP contribution in [0.5, 0.6) is 0 Å². The summed E-state index contributed by atoms with van der Waals surface area (Å²) in [4.78, 5) is 11.3. The van der Waals surface area contributed by atoms with Crippen molar-refractivity contribution in [3.05, 3.63) is 0 Å². The second-order valence-electron chi connectivity index (χ2n) is 4.70. The maximum atomic E-state index is 11.3. The summed E-state index contributed by atoms with van der Waals surface area (Å²) >= 11 is 0. The van der Waals surface area contributed by atoms with Gasteiger partial charge in [-0.15, -0.1) is 0 Å². The van der Waals surface area contributed by atoms with Gasteiger partial charge in [0.1, 0.15) is 0 Å². The zero-order valence-corrected chi connectivity index (χ0v) is 9.23.